The first-order chi connectivity index (χ1) is 14.7. The molecule has 2 unspecified atom stereocenters. The lowest BCUT2D eigenvalue weighted by molar-refractivity contribution is -0.192. The molecule has 168 valence electrons. The molecule has 9 heteroatoms. The Labute approximate surface area is 176 Å². The number of aliphatic carboxylic acids is 1. The third kappa shape index (κ3) is 5.74. The van der Waals surface area contributed by atoms with Crippen LogP contribution in [0.15, 0.2) is 36.4 Å². The second kappa shape index (κ2) is 9.65. The number of hydrogen-bond acceptors (Lipinski definition) is 4. The second-order valence-corrected chi connectivity index (χ2v) is 7.49. The molecule has 2 atom stereocenters. The van der Waals surface area contributed by atoms with Crippen molar-refractivity contribution in [1.82, 2.24) is 5.32 Å². The van der Waals surface area contributed by atoms with Gasteiger partial charge in [-0.2, -0.15) is 13.2 Å². The molecule has 2 aliphatic rings. The quantitative estimate of drug-likeness (QED) is 0.619. The van der Waals surface area contributed by atoms with E-state index < -0.39 is 12.1 Å². The molecule has 2 aromatic rings. The summed E-state index contributed by atoms with van der Waals surface area (Å²) in [5.74, 6) is -1.98. The number of aliphatic hydroxyl groups is 1. The number of rotatable bonds is 5. The number of nitrogens with one attached hydrogen (secondary N) is 1. The first kappa shape index (κ1) is 23.0. The van der Waals surface area contributed by atoms with Crippen LogP contribution in [-0.2, 0) is 24.1 Å². The third-order valence-corrected chi connectivity index (χ3v) is 5.34. The summed E-state index contributed by atoms with van der Waals surface area (Å²) < 4.78 is 50.8. The van der Waals surface area contributed by atoms with Crippen molar-refractivity contribution < 1.29 is 37.3 Å². The molecule has 5 nitrogen and oxygen atoms in total. The summed E-state index contributed by atoms with van der Waals surface area (Å²) in [4.78, 5) is 8.90. The molecule has 0 saturated carbocycles. The van der Waals surface area contributed by atoms with Gasteiger partial charge in [0.2, 0.25) is 0 Å². The Hall–Kier alpha value is -2.65. The average Bonchev–Trinajstić information content (AvgIpc) is 3.33. The first-order valence-corrected chi connectivity index (χ1v) is 9.88. The SMILES string of the molecule is O=C(O)C(F)(F)F.OCC(Cc1cccc(F)c1)NC1CCc2ccc3c(c21)CCO3. The lowest BCUT2D eigenvalue weighted by atomic mass is 9.97. The lowest BCUT2D eigenvalue weighted by Gasteiger charge is -2.23. The van der Waals surface area contributed by atoms with Crippen LogP contribution in [0.1, 0.15) is 34.7 Å². The number of benzene rings is 2. The Morgan fingerprint density at radius 1 is 1.23 bits per heavy atom. The molecule has 0 saturated heterocycles. The molecule has 2 aromatic carbocycles. The smallest absolute Gasteiger partial charge is 0.490 e. The van der Waals surface area contributed by atoms with Crippen molar-refractivity contribution in [2.45, 2.75) is 43.9 Å². The van der Waals surface area contributed by atoms with Gasteiger partial charge in [-0.15, -0.1) is 0 Å². The van der Waals surface area contributed by atoms with E-state index in [1.54, 1.807) is 12.1 Å². The van der Waals surface area contributed by atoms with Crippen LogP contribution in [0, 0.1) is 5.82 Å². The summed E-state index contributed by atoms with van der Waals surface area (Å²) in [5.41, 5.74) is 4.98. The fourth-order valence-electron chi connectivity index (χ4n) is 4.02. The molecular formula is C22H23F4NO4. The van der Waals surface area contributed by atoms with Crippen molar-refractivity contribution in [2.24, 2.45) is 0 Å². The highest BCUT2D eigenvalue weighted by Crippen LogP contribution is 2.40. The number of carboxylic acid groups (broad SMARTS) is 1. The Kier molecular flexibility index (Phi) is 7.17. The number of hydrogen-bond donors (Lipinski definition) is 3. The van der Waals surface area contributed by atoms with Gasteiger partial charge in [0.25, 0.3) is 0 Å². The lowest BCUT2D eigenvalue weighted by Crippen LogP contribution is -2.37. The molecule has 1 heterocycles. The zero-order valence-corrected chi connectivity index (χ0v) is 16.6. The number of aliphatic hydroxyl groups excluding tert-OH is 1. The van der Waals surface area contributed by atoms with Crippen LogP contribution in [-0.4, -0.2) is 41.6 Å². The second-order valence-electron chi connectivity index (χ2n) is 7.49. The maximum atomic E-state index is 13.4. The fourth-order valence-corrected chi connectivity index (χ4v) is 4.02. The standard InChI is InChI=1S/C20H22FNO2.C2HF3O2/c21-15-3-1-2-13(10-15)11-16(12-23)22-18-6-4-14-5-7-19-17(20(14)18)8-9-24-19;3-2(4,5)1(6)7/h1-3,5,7,10,16,18,22-23H,4,6,8-9,11-12H2;(H,6,7). The molecule has 0 amide bonds. The molecule has 0 spiro atoms. The minimum absolute atomic E-state index is 0.0356. The van der Waals surface area contributed by atoms with Crippen LogP contribution < -0.4 is 10.1 Å². The summed E-state index contributed by atoms with van der Waals surface area (Å²) in [6.45, 7) is 0.791. The summed E-state index contributed by atoms with van der Waals surface area (Å²) in [6.07, 6.45) is -1.42. The van der Waals surface area contributed by atoms with E-state index in [4.69, 9.17) is 14.6 Å². The van der Waals surface area contributed by atoms with Crippen molar-refractivity contribution >= 4 is 5.97 Å². The number of carboxylic acids is 1. The van der Waals surface area contributed by atoms with E-state index in [0.717, 1.165) is 37.2 Å². The number of carbonyl (C=O) groups is 1. The van der Waals surface area contributed by atoms with Gasteiger partial charge in [-0.05, 0) is 54.2 Å². The minimum Gasteiger partial charge on any atom is -0.493 e. The summed E-state index contributed by atoms with van der Waals surface area (Å²) >= 11 is 0. The van der Waals surface area contributed by atoms with E-state index in [2.05, 4.69) is 17.4 Å². The van der Waals surface area contributed by atoms with Crippen molar-refractivity contribution in [2.75, 3.05) is 13.2 Å². The van der Waals surface area contributed by atoms with Gasteiger partial charge in [-0.25, -0.2) is 9.18 Å². The van der Waals surface area contributed by atoms with E-state index in [9.17, 15) is 22.7 Å². The van der Waals surface area contributed by atoms with Crippen LogP contribution in [0.4, 0.5) is 17.6 Å². The van der Waals surface area contributed by atoms with Gasteiger partial charge in [-0.1, -0.05) is 18.2 Å². The fraction of sp³-hybridized carbons (Fsp3) is 0.409. The Morgan fingerprint density at radius 2 is 1.97 bits per heavy atom. The Morgan fingerprint density at radius 3 is 2.61 bits per heavy atom. The van der Waals surface area contributed by atoms with E-state index in [-0.39, 0.29) is 24.5 Å². The maximum Gasteiger partial charge on any atom is 0.490 e. The van der Waals surface area contributed by atoms with E-state index in [1.807, 2.05) is 6.07 Å². The minimum atomic E-state index is -5.08. The zero-order valence-electron chi connectivity index (χ0n) is 16.6. The summed E-state index contributed by atoms with van der Waals surface area (Å²) in [5, 5.41) is 20.5. The zero-order chi connectivity index (χ0) is 22.6. The van der Waals surface area contributed by atoms with Crippen LogP contribution in [0.3, 0.4) is 0 Å². The number of alkyl halides is 3. The largest absolute Gasteiger partial charge is 0.493 e. The molecule has 1 aliphatic heterocycles. The van der Waals surface area contributed by atoms with Crippen LogP contribution >= 0.6 is 0 Å². The molecule has 3 N–H and O–H groups in total. The third-order valence-electron chi connectivity index (χ3n) is 5.34. The van der Waals surface area contributed by atoms with Gasteiger partial charge in [-0.3, -0.25) is 0 Å². The van der Waals surface area contributed by atoms with Crippen LogP contribution in [0.5, 0.6) is 5.75 Å². The average molecular weight is 441 g/mol. The van der Waals surface area contributed by atoms with Crippen molar-refractivity contribution in [3.05, 3.63) is 64.5 Å². The van der Waals surface area contributed by atoms with Gasteiger partial charge >= 0.3 is 12.1 Å². The highest BCUT2D eigenvalue weighted by atomic mass is 19.4. The van der Waals surface area contributed by atoms with Gasteiger partial charge in [0.15, 0.2) is 0 Å². The topological polar surface area (TPSA) is 78.8 Å². The first-order valence-electron chi connectivity index (χ1n) is 9.88. The maximum absolute atomic E-state index is 13.4. The van der Waals surface area contributed by atoms with Crippen molar-refractivity contribution in [3.63, 3.8) is 0 Å². The van der Waals surface area contributed by atoms with Crippen molar-refractivity contribution in [1.29, 1.82) is 0 Å². The predicted octanol–water partition coefficient (Wildman–Crippen LogP) is 3.57. The molecule has 4 rings (SSSR count). The number of halogens is 4. The summed E-state index contributed by atoms with van der Waals surface area (Å²) in [7, 11) is 0. The molecule has 0 radical (unpaired) electrons. The molecule has 0 fully saturated rings. The van der Waals surface area contributed by atoms with Gasteiger partial charge in [0, 0.05) is 24.1 Å². The molecule has 31 heavy (non-hydrogen) atoms. The van der Waals surface area contributed by atoms with Gasteiger partial charge < -0.3 is 20.3 Å². The van der Waals surface area contributed by atoms with Crippen LogP contribution in [0.25, 0.3) is 0 Å². The van der Waals surface area contributed by atoms with Gasteiger partial charge in [0.05, 0.1) is 13.2 Å². The normalized spacial score (nSPS) is 17.8. The van der Waals surface area contributed by atoms with Gasteiger partial charge in [0.1, 0.15) is 11.6 Å². The molecular weight excluding hydrogens is 418 g/mol. The molecule has 0 aromatic heterocycles. The highest BCUT2D eigenvalue weighted by Gasteiger charge is 2.38. The van der Waals surface area contributed by atoms with E-state index in [0.29, 0.717) is 6.42 Å². The van der Waals surface area contributed by atoms with E-state index in [1.165, 1.54) is 22.8 Å². The van der Waals surface area contributed by atoms with Crippen LogP contribution in [0.2, 0.25) is 0 Å². The predicted molar refractivity (Wildman–Crippen MR) is 105 cm³/mol. The summed E-state index contributed by atoms with van der Waals surface area (Å²) in [6, 6.07) is 11.0. The number of ether oxygens (including phenoxy) is 1. The van der Waals surface area contributed by atoms with Crippen molar-refractivity contribution in [3.8, 4) is 5.75 Å². The molecule has 1 aliphatic carbocycles. The van der Waals surface area contributed by atoms with E-state index >= 15 is 0 Å². The molecule has 0 bridgehead atoms. The highest BCUT2D eigenvalue weighted by molar-refractivity contribution is 5.73. The number of aryl methyl sites for hydroxylation is 1. The Balaban J connectivity index is 0.000000339. The Bertz CT molecular complexity index is 932. The number of fused-ring (bicyclic) bond motifs is 3. The monoisotopic (exact) mass is 441 g/mol.